The van der Waals surface area contributed by atoms with Crippen molar-refractivity contribution in [1.82, 2.24) is 10.3 Å². The molecule has 1 amide bonds. The maximum absolute atomic E-state index is 12.9. The normalized spacial score (nSPS) is 11.0. The molecule has 3 aromatic heterocycles. The number of aromatic nitrogens is 1. The molecule has 130 valence electrons. The minimum Gasteiger partial charge on any atom is -0.347 e. The van der Waals surface area contributed by atoms with Gasteiger partial charge in [0.1, 0.15) is 0 Å². The van der Waals surface area contributed by atoms with Gasteiger partial charge in [0.05, 0.1) is 28.2 Å². The van der Waals surface area contributed by atoms with E-state index in [4.69, 9.17) is 4.98 Å². The summed E-state index contributed by atoms with van der Waals surface area (Å²) in [4.78, 5) is 21.2. The molecule has 0 unspecified atom stereocenters. The van der Waals surface area contributed by atoms with Gasteiger partial charge in [-0.25, -0.2) is 4.98 Å². The van der Waals surface area contributed by atoms with Gasteiger partial charge in [-0.2, -0.15) is 0 Å². The smallest absolute Gasteiger partial charge is 0.252 e. The lowest BCUT2D eigenvalue weighted by atomic mass is 10.0. The van der Waals surface area contributed by atoms with Gasteiger partial charge in [0.2, 0.25) is 0 Å². The number of amides is 1. The van der Waals surface area contributed by atoms with E-state index < -0.39 is 0 Å². The third-order valence-electron chi connectivity index (χ3n) is 4.20. The summed E-state index contributed by atoms with van der Waals surface area (Å²) in [5.41, 5.74) is 3.49. The molecule has 1 N–H and O–H groups in total. The van der Waals surface area contributed by atoms with Crippen LogP contribution >= 0.6 is 22.7 Å². The SMILES string of the molecule is Cc1ccc2nc(-c3ccc(C)s3)cc(C(=O)NCc3cccs3)c2c1. The first-order valence-electron chi connectivity index (χ1n) is 8.39. The molecule has 0 saturated heterocycles. The number of rotatable bonds is 4. The van der Waals surface area contributed by atoms with E-state index in [1.54, 1.807) is 22.7 Å². The molecule has 0 fully saturated rings. The number of hydrogen-bond acceptors (Lipinski definition) is 4. The molecule has 0 aliphatic carbocycles. The first kappa shape index (κ1) is 16.9. The molecule has 0 atom stereocenters. The quantitative estimate of drug-likeness (QED) is 0.504. The van der Waals surface area contributed by atoms with Crippen molar-refractivity contribution in [2.24, 2.45) is 0 Å². The van der Waals surface area contributed by atoms with Crippen molar-refractivity contribution in [2.75, 3.05) is 0 Å². The highest BCUT2D eigenvalue weighted by atomic mass is 32.1. The molecule has 0 radical (unpaired) electrons. The van der Waals surface area contributed by atoms with Gasteiger partial charge < -0.3 is 5.32 Å². The summed E-state index contributed by atoms with van der Waals surface area (Å²) in [5.74, 6) is -0.0640. The monoisotopic (exact) mass is 378 g/mol. The van der Waals surface area contributed by atoms with Crippen LogP contribution in [0, 0.1) is 13.8 Å². The van der Waals surface area contributed by atoms with E-state index in [0.29, 0.717) is 12.1 Å². The van der Waals surface area contributed by atoms with E-state index in [1.165, 1.54) is 4.88 Å². The fourth-order valence-corrected chi connectivity index (χ4v) is 4.37. The van der Waals surface area contributed by atoms with Gasteiger partial charge in [-0.3, -0.25) is 4.79 Å². The van der Waals surface area contributed by atoms with Gasteiger partial charge >= 0.3 is 0 Å². The van der Waals surface area contributed by atoms with Gasteiger partial charge in [0, 0.05) is 15.1 Å². The van der Waals surface area contributed by atoms with E-state index in [1.807, 2.05) is 48.7 Å². The number of benzene rings is 1. The van der Waals surface area contributed by atoms with Crippen LogP contribution in [0.2, 0.25) is 0 Å². The van der Waals surface area contributed by atoms with Gasteiger partial charge in [0.25, 0.3) is 5.91 Å². The number of carbonyl (C=O) groups is 1. The Balaban J connectivity index is 1.77. The Hall–Kier alpha value is -2.50. The number of thiophene rings is 2. The third kappa shape index (κ3) is 3.41. The van der Waals surface area contributed by atoms with Crippen molar-refractivity contribution in [1.29, 1.82) is 0 Å². The van der Waals surface area contributed by atoms with Crippen LogP contribution in [-0.4, -0.2) is 10.9 Å². The second kappa shape index (κ2) is 7.02. The fourth-order valence-electron chi connectivity index (χ4n) is 2.90. The molecule has 3 heterocycles. The lowest BCUT2D eigenvalue weighted by Gasteiger charge is -2.10. The molecule has 0 saturated carbocycles. The number of nitrogens with one attached hydrogen (secondary N) is 1. The number of carbonyl (C=O) groups excluding carboxylic acids is 1. The van der Waals surface area contributed by atoms with Crippen molar-refractivity contribution in [3.63, 3.8) is 0 Å². The Kier molecular flexibility index (Phi) is 4.57. The summed E-state index contributed by atoms with van der Waals surface area (Å²) < 4.78 is 0. The van der Waals surface area contributed by atoms with Crippen LogP contribution in [0.3, 0.4) is 0 Å². The van der Waals surface area contributed by atoms with E-state index in [9.17, 15) is 4.79 Å². The Bertz CT molecular complexity index is 1080. The molecule has 5 heteroatoms. The van der Waals surface area contributed by atoms with Crippen LogP contribution in [0.15, 0.2) is 53.9 Å². The largest absolute Gasteiger partial charge is 0.347 e. The maximum Gasteiger partial charge on any atom is 0.252 e. The average Bonchev–Trinajstić information content (AvgIpc) is 3.30. The van der Waals surface area contributed by atoms with Crippen LogP contribution in [-0.2, 0) is 6.54 Å². The van der Waals surface area contributed by atoms with E-state index in [-0.39, 0.29) is 5.91 Å². The van der Waals surface area contributed by atoms with Crippen LogP contribution in [0.5, 0.6) is 0 Å². The fraction of sp³-hybridized carbons (Fsp3) is 0.143. The summed E-state index contributed by atoms with van der Waals surface area (Å²) in [6, 6.07) is 16.1. The predicted octanol–water partition coefficient (Wildman–Crippen LogP) is 5.57. The van der Waals surface area contributed by atoms with Gasteiger partial charge in [-0.15, -0.1) is 22.7 Å². The zero-order chi connectivity index (χ0) is 18.1. The molecule has 0 aliphatic rings. The van der Waals surface area contributed by atoms with Crippen molar-refractivity contribution in [3.05, 3.63) is 74.8 Å². The summed E-state index contributed by atoms with van der Waals surface area (Å²) >= 11 is 3.34. The van der Waals surface area contributed by atoms with E-state index in [2.05, 4.69) is 24.4 Å². The molecule has 0 aliphatic heterocycles. The Morgan fingerprint density at radius 3 is 2.73 bits per heavy atom. The molecule has 4 rings (SSSR count). The number of nitrogens with zero attached hydrogens (tertiary/aromatic N) is 1. The zero-order valence-corrected chi connectivity index (χ0v) is 16.2. The first-order valence-corrected chi connectivity index (χ1v) is 10.1. The van der Waals surface area contributed by atoms with Gasteiger partial charge in [0.15, 0.2) is 0 Å². The van der Waals surface area contributed by atoms with Gasteiger partial charge in [-0.05, 0) is 55.6 Å². The van der Waals surface area contributed by atoms with Crippen molar-refractivity contribution in [2.45, 2.75) is 20.4 Å². The number of aryl methyl sites for hydroxylation is 2. The van der Waals surface area contributed by atoms with Crippen LogP contribution in [0.25, 0.3) is 21.5 Å². The zero-order valence-electron chi connectivity index (χ0n) is 14.6. The molecule has 0 bridgehead atoms. The number of hydrogen-bond donors (Lipinski definition) is 1. The van der Waals surface area contributed by atoms with Crippen molar-refractivity contribution in [3.8, 4) is 10.6 Å². The van der Waals surface area contributed by atoms with E-state index in [0.717, 1.165) is 31.9 Å². The predicted molar refractivity (Wildman–Crippen MR) is 110 cm³/mol. The Labute approximate surface area is 160 Å². The van der Waals surface area contributed by atoms with Crippen molar-refractivity contribution < 1.29 is 4.79 Å². The number of pyridine rings is 1. The molecule has 0 spiro atoms. The summed E-state index contributed by atoms with van der Waals surface area (Å²) in [5, 5.41) is 5.96. The topological polar surface area (TPSA) is 42.0 Å². The van der Waals surface area contributed by atoms with Crippen molar-refractivity contribution >= 4 is 39.5 Å². The maximum atomic E-state index is 12.9. The average molecular weight is 379 g/mol. The highest BCUT2D eigenvalue weighted by molar-refractivity contribution is 7.15. The molecule has 4 aromatic rings. The summed E-state index contributed by atoms with van der Waals surface area (Å²) in [6.07, 6.45) is 0. The summed E-state index contributed by atoms with van der Waals surface area (Å²) in [7, 11) is 0. The second-order valence-corrected chi connectivity index (χ2v) is 8.57. The standard InChI is InChI=1S/C21H18N2OS2/c1-13-5-7-18-16(10-13)17(21(24)22-12-15-4-3-9-25-15)11-19(23-18)20-8-6-14(2)26-20/h3-11H,12H2,1-2H3,(H,22,24). The summed E-state index contributed by atoms with van der Waals surface area (Å²) in [6.45, 7) is 4.65. The van der Waals surface area contributed by atoms with Crippen LogP contribution < -0.4 is 5.32 Å². The third-order valence-corrected chi connectivity index (χ3v) is 6.10. The highest BCUT2D eigenvalue weighted by Gasteiger charge is 2.15. The number of fused-ring (bicyclic) bond motifs is 1. The minimum atomic E-state index is -0.0640. The highest BCUT2D eigenvalue weighted by Crippen LogP contribution is 2.30. The lowest BCUT2D eigenvalue weighted by molar-refractivity contribution is 0.0953. The Morgan fingerprint density at radius 1 is 1.12 bits per heavy atom. The molecule has 1 aromatic carbocycles. The molecular formula is C21H18N2OS2. The lowest BCUT2D eigenvalue weighted by Crippen LogP contribution is -2.22. The minimum absolute atomic E-state index is 0.0640. The first-order chi connectivity index (χ1) is 12.6. The molecular weight excluding hydrogens is 360 g/mol. The molecule has 26 heavy (non-hydrogen) atoms. The van der Waals surface area contributed by atoms with Gasteiger partial charge in [-0.1, -0.05) is 17.7 Å². The Morgan fingerprint density at radius 2 is 2.00 bits per heavy atom. The van der Waals surface area contributed by atoms with Crippen LogP contribution in [0.1, 0.15) is 25.7 Å². The van der Waals surface area contributed by atoms with Crippen LogP contribution in [0.4, 0.5) is 0 Å². The van der Waals surface area contributed by atoms with E-state index >= 15 is 0 Å². The second-order valence-electron chi connectivity index (χ2n) is 6.25. The molecule has 3 nitrogen and oxygen atoms in total.